The number of carboxylic acids is 1. The quantitative estimate of drug-likeness (QED) is 0.756. The molecule has 1 aliphatic carbocycles. The zero-order chi connectivity index (χ0) is 17.6. The van der Waals surface area contributed by atoms with Crippen molar-refractivity contribution in [2.24, 2.45) is 5.92 Å². The van der Waals surface area contributed by atoms with E-state index in [4.69, 9.17) is 9.52 Å². The lowest BCUT2D eigenvalue weighted by Gasteiger charge is -2.02. The number of nitrogens with zero attached hydrogens (tertiary/aromatic N) is 2. The van der Waals surface area contributed by atoms with Gasteiger partial charge < -0.3 is 14.8 Å². The summed E-state index contributed by atoms with van der Waals surface area (Å²) >= 11 is 0. The number of fused-ring (bicyclic) bond motifs is 1. The average molecular weight is 341 g/mol. The Bertz CT molecular complexity index is 1000. The number of aromatic carboxylic acids is 1. The van der Waals surface area contributed by atoms with Crippen LogP contribution in [0.5, 0.6) is 0 Å². The molecule has 0 bridgehead atoms. The molecule has 2 atom stereocenters. The molecule has 1 aliphatic rings. The molecule has 3 aromatic rings. The minimum Gasteiger partial charge on any atom is -0.477 e. The number of benzene rings is 1. The lowest BCUT2D eigenvalue weighted by Crippen LogP contribution is -2.14. The monoisotopic (exact) mass is 341 g/mol. The molecular formula is C17H12FN3O4. The third kappa shape index (κ3) is 2.93. The van der Waals surface area contributed by atoms with Gasteiger partial charge in [0.25, 0.3) is 0 Å². The molecular weight excluding hydrogens is 329 g/mol. The Labute approximate surface area is 140 Å². The number of carbonyl (C=O) groups excluding carboxylic acids is 1. The van der Waals surface area contributed by atoms with E-state index in [2.05, 4.69) is 15.3 Å². The maximum Gasteiger partial charge on any atom is 0.354 e. The topological polar surface area (TPSA) is 105 Å². The predicted octanol–water partition coefficient (Wildman–Crippen LogP) is 2.88. The number of amides is 1. The zero-order valence-corrected chi connectivity index (χ0v) is 12.8. The summed E-state index contributed by atoms with van der Waals surface area (Å²) in [5.74, 6) is -1.82. The van der Waals surface area contributed by atoms with Crippen molar-refractivity contribution in [3.05, 3.63) is 42.2 Å². The third-order valence-corrected chi connectivity index (χ3v) is 3.93. The van der Waals surface area contributed by atoms with E-state index < -0.39 is 18.1 Å². The normalized spacial score (nSPS) is 18.9. The highest BCUT2D eigenvalue weighted by molar-refractivity contribution is 5.96. The van der Waals surface area contributed by atoms with E-state index in [-0.39, 0.29) is 23.9 Å². The molecule has 4 rings (SSSR count). The van der Waals surface area contributed by atoms with E-state index in [9.17, 15) is 14.0 Å². The molecule has 8 heteroatoms. The van der Waals surface area contributed by atoms with E-state index in [1.807, 2.05) is 0 Å². The van der Waals surface area contributed by atoms with Crippen molar-refractivity contribution in [3.63, 3.8) is 0 Å². The summed E-state index contributed by atoms with van der Waals surface area (Å²) in [7, 11) is 0. The second-order valence-electron chi connectivity index (χ2n) is 5.78. The molecule has 2 heterocycles. The van der Waals surface area contributed by atoms with E-state index in [1.54, 1.807) is 24.3 Å². The van der Waals surface area contributed by atoms with Crippen molar-refractivity contribution in [3.8, 4) is 11.5 Å². The summed E-state index contributed by atoms with van der Waals surface area (Å²) in [5, 5.41) is 11.7. The van der Waals surface area contributed by atoms with Gasteiger partial charge in [-0.3, -0.25) is 4.79 Å². The summed E-state index contributed by atoms with van der Waals surface area (Å²) in [6.07, 6.45) is 0.566. The van der Waals surface area contributed by atoms with Gasteiger partial charge >= 0.3 is 5.97 Å². The number of carboxylic acid groups (broad SMARTS) is 1. The maximum absolute atomic E-state index is 12.9. The number of carbonyl (C=O) groups is 2. The molecule has 0 unspecified atom stereocenters. The summed E-state index contributed by atoms with van der Waals surface area (Å²) in [6.45, 7) is 0. The first-order valence-corrected chi connectivity index (χ1v) is 7.56. The Morgan fingerprint density at radius 3 is 2.80 bits per heavy atom. The van der Waals surface area contributed by atoms with Gasteiger partial charge in [0.05, 0.1) is 5.92 Å². The van der Waals surface area contributed by atoms with Gasteiger partial charge in [-0.2, -0.15) is 0 Å². The number of hydrogen-bond acceptors (Lipinski definition) is 5. The van der Waals surface area contributed by atoms with Crippen LogP contribution in [-0.2, 0) is 4.79 Å². The van der Waals surface area contributed by atoms with Crippen molar-refractivity contribution in [2.75, 3.05) is 5.32 Å². The molecule has 7 nitrogen and oxygen atoms in total. The largest absolute Gasteiger partial charge is 0.477 e. The van der Waals surface area contributed by atoms with Crippen LogP contribution in [-0.4, -0.2) is 33.1 Å². The first-order valence-electron chi connectivity index (χ1n) is 7.56. The molecule has 0 aliphatic heterocycles. The summed E-state index contributed by atoms with van der Waals surface area (Å²) in [5.41, 5.74) is 1.84. The molecule has 0 spiro atoms. The molecule has 1 amide bonds. The third-order valence-electron chi connectivity index (χ3n) is 3.93. The number of oxazole rings is 1. The van der Waals surface area contributed by atoms with Gasteiger partial charge in [0.15, 0.2) is 5.58 Å². The Balaban J connectivity index is 1.63. The number of anilines is 1. The molecule has 25 heavy (non-hydrogen) atoms. The fourth-order valence-electron chi connectivity index (χ4n) is 2.48. The number of rotatable bonds is 4. The van der Waals surface area contributed by atoms with Crippen LogP contribution < -0.4 is 5.32 Å². The fourth-order valence-corrected chi connectivity index (χ4v) is 2.48. The van der Waals surface area contributed by atoms with Crippen molar-refractivity contribution in [2.45, 2.75) is 12.6 Å². The highest BCUT2D eigenvalue weighted by atomic mass is 19.1. The Morgan fingerprint density at radius 1 is 1.28 bits per heavy atom. The summed E-state index contributed by atoms with van der Waals surface area (Å²) in [4.78, 5) is 30.9. The van der Waals surface area contributed by atoms with E-state index in [0.29, 0.717) is 22.4 Å². The van der Waals surface area contributed by atoms with Crippen molar-refractivity contribution in [1.29, 1.82) is 0 Å². The molecule has 126 valence electrons. The highest BCUT2D eigenvalue weighted by Crippen LogP contribution is 2.35. The van der Waals surface area contributed by atoms with Crippen LogP contribution in [0.3, 0.4) is 0 Å². The molecule has 1 aromatic carbocycles. The number of alkyl halides is 1. The van der Waals surface area contributed by atoms with E-state index in [0.717, 1.165) is 0 Å². The average Bonchev–Trinajstić information content (AvgIpc) is 3.18. The molecule has 1 saturated carbocycles. The van der Waals surface area contributed by atoms with Gasteiger partial charge in [-0.05, 0) is 36.8 Å². The second-order valence-corrected chi connectivity index (χ2v) is 5.78. The van der Waals surface area contributed by atoms with Gasteiger partial charge in [0.1, 0.15) is 17.4 Å². The summed E-state index contributed by atoms with van der Waals surface area (Å²) in [6, 6.07) is 7.86. The number of pyridine rings is 1. The SMILES string of the molecule is O=C(O)c1cc(-c2nc3cc(NC(=O)[C@@H]4C[C@@H]4F)ccc3o2)ccn1. The summed E-state index contributed by atoms with van der Waals surface area (Å²) < 4.78 is 18.5. The van der Waals surface area contributed by atoms with Crippen LogP contribution in [0.2, 0.25) is 0 Å². The van der Waals surface area contributed by atoms with E-state index in [1.165, 1.54) is 12.3 Å². The van der Waals surface area contributed by atoms with Gasteiger partial charge in [0, 0.05) is 17.4 Å². The molecule has 0 radical (unpaired) electrons. The van der Waals surface area contributed by atoms with Gasteiger partial charge in [-0.25, -0.2) is 19.2 Å². The van der Waals surface area contributed by atoms with Crippen LogP contribution in [0.25, 0.3) is 22.6 Å². The standard InChI is InChI=1S/C17H12FN3O4/c18-11-7-10(11)15(22)20-9-1-2-14-12(6-9)21-16(25-14)8-3-4-19-13(5-8)17(23)24/h1-6,10-11H,7H2,(H,20,22)(H,23,24)/t10-,11+/m1/s1. The molecule has 2 N–H and O–H groups in total. The molecule has 2 aromatic heterocycles. The van der Waals surface area contributed by atoms with Gasteiger partial charge in [0.2, 0.25) is 11.8 Å². The van der Waals surface area contributed by atoms with Crippen LogP contribution in [0.1, 0.15) is 16.9 Å². The van der Waals surface area contributed by atoms with Gasteiger partial charge in [-0.1, -0.05) is 0 Å². The predicted molar refractivity (Wildman–Crippen MR) is 85.8 cm³/mol. The fraction of sp³-hybridized carbons (Fsp3) is 0.176. The molecule has 0 saturated heterocycles. The zero-order valence-electron chi connectivity index (χ0n) is 12.8. The van der Waals surface area contributed by atoms with Crippen LogP contribution in [0.4, 0.5) is 10.1 Å². The smallest absolute Gasteiger partial charge is 0.354 e. The first kappa shape index (κ1) is 15.3. The van der Waals surface area contributed by atoms with Crippen LogP contribution in [0, 0.1) is 5.92 Å². The Hall–Kier alpha value is -3.29. The van der Waals surface area contributed by atoms with Gasteiger partial charge in [-0.15, -0.1) is 0 Å². The van der Waals surface area contributed by atoms with Crippen molar-refractivity contribution < 1.29 is 23.5 Å². The number of aromatic nitrogens is 2. The second kappa shape index (κ2) is 5.66. The van der Waals surface area contributed by atoms with Crippen molar-refractivity contribution in [1.82, 2.24) is 9.97 Å². The molecule has 1 fully saturated rings. The number of nitrogens with one attached hydrogen (secondary N) is 1. The number of hydrogen-bond donors (Lipinski definition) is 2. The Kier molecular flexibility index (Phi) is 3.45. The minimum atomic E-state index is -1.14. The highest BCUT2D eigenvalue weighted by Gasteiger charge is 2.43. The van der Waals surface area contributed by atoms with Crippen LogP contribution >= 0.6 is 0 Å². The Morgan fingerprint density at radius 2 is 2.08 bits per heavy atom. The number of halogens is 1. The lowest BCUT2D eigenvalue weighted by atomic mass is 10.2. The minimum absolute atomic E-state index is 0.113. The van der Waals surface area contributed by atoms with Crippen LogP contribution in [0.15, 0.2) is 40.9 Å². The van der Waals surface area contributed by atoms with E-state index >= 15 is 0 Å². The first-order chi connectivity index (χ1) is 12.0. The maximum atomic E-state index is 12.9. The lowest BCUT2D eigenvalue weighted by molar-refractivity contribution is -0.117. The van der Waals surface area contributed by atoms with Crippen molar-refractivity contribution >= 4 is 28.7 Å².